The maximum absolute atomic E-state index is 13.1. The SMILES string of the molecule is CCC(NC(=O)OCC1c2ccccc2-c2ccccc21)C(=O)N1CCC(C)(C)C1C(=O)O. The van der Waals surface area contributed by atoms with Gasteiger partial charge >= 0.3 is 12.1 Å². The minimum atomic E-state index is -1.03. The molecule has 0 saturated carbocycles. The average Bonchev–Trinajstić information content (AvgIpc) is 3.29. The number of aliphatic carboxylic acids is 1. The maximum Gasteiger partial charge on any atom is 0.407 e. The topological polar surface area (TPSA) is 95.9 Å². The van der Waals surface area contributed by atoms with Crippen molar-refractivity contribution in [2.45, 2.75) is 51.6 Å². The van der Waals surface area contributed by atoms with Crippen molar-refractivity contribution >= 4 is 18.0 Å². The largest absolute Gasteiger partial charge is 0.480 e. The minimum Gasteiger partial charge on any atom is -0.480 e. The zero-order valence-electron chi connectivity index (χ0n) is 19.2. The van der Waals surface area contributed by atoms with E-state index in [4.69, 9.17) is 4.74 Å². The lowest BCUT2D eigenvalue weighted by Gasteiger charge is -2.31. The number of amides is 2. The van der Waals surface area contributed by atoms with E-state index in [1.54, 1.807) is 6.92 Å². The monoisotopic (exact) mass is 450 g/mol. The fourth-order valence-corrected chi connectivity index (χ4v) is 5.12. The van der Waals surface area contributed by atoms with Crippen molar-refractivity contribution in [2.75, 3.05) is 13.2 Å². The lowest BCUT2D eigenvalue weighted by Crippen LogP contribution is -2.53. The highest BCUT2D eigenvalue weighted by Crippen LogP contribution is 2.44. The number of alkyl carbamates (subject to hydrolysis) is 1. The molecule has 2 atom stereocenters. The first-order valence-corrected chi connectivity index (χ1v) is 11.4. The highest BCUT2D eigenvalue weighted by atomic mass is 16.5. The van der Waals surface area contributed by atoms with E-state index in [9.17, 15) is 19.5 Å². The number of rotatable bonds is 6. The van der Waals surface area contributed by atoms with Gasteiger partial charge in [-0.05, 0) is 40.5 Å². The fourth-order valence-electron chi connectivity index (χ4n) is 5.12. The van der Waals surface area contributed by atoms with Crippen LogP contribution in [0.5, 0.6) is 0 Å². The second-order valence-electron chi connectivity index (χ2n) is 9.44. The van der Waals surface area contributed by atoms with Crippen LogP contribution in [0.25, 0.3) is 11.1 Å². The molecule has 174 valence electrons. The van der Waals surface area contributed by atoms with Gasteiger partial charge in [0.2, 0.25) is 5.91 Å². The first-order valence-electron chi connectivity index (χ1n) is 11.4. The summed E-state index contributed by atoms with van der Waals surface area (Å²) in [5.74, 6) is -1.49. The van der Waals surface area contributed by atoms with Crippen molar-refractivity contribution in [3.8, 4) is 11.1 Å². The van der Waals surface area contributed by atoms with Crippen molar-refractivity contribution < 1.29 is 24.2 Å². The summed E-state index contributed by atoms with van der Waals surface area (Å²) in [4.78, 5) is 38.9. The van der Waals surface area contributed by atoms with Crippen LogP contribution in [0.2, 0.25) is 0 Å². The quantitative estimate of drug-likeness (QED) is 0.693. The minimum absolute atomic E-state index is 0.0744. The van der Waals surface area contributed by atoms with Crippen molar-refractivity contribution in [3.05, 3.63) is 59.7 Å². The molecule has 1 fully saturated rings. The third-order valence-electron chi connectivity index (χ3n) is 6.91. The molecule has 0 spiro atoms. The number of carboxylic acids is 1. The van der Waals surface area contributed by atoms with Gasteiger partial charge in [0.25, 0.3) is 0 Å². The zero-order valence-corrected chi connectivity index (χ0v) is 19.2. The second kappa shape index (κ2) is 8.89. The summed E-state index contributed by atoms with van der Waals surface area (Å²) in [5, 5.41) is 12.3. The lowest BCUT2D eigenvalue weighted by molar-refractivity contribution is -0.152. The molecule has 1 aliphatic heterocycles. The summed E-state index contributed by atoms with van der Waals surface area (Å²) in [6.07, 6.45) is 0.256. The van der Waals surface area contributed by atoms with E-state index >= 15 is 0 Å². The number of fused-ring (bicyclic) bond motifs is 3. The molecule has 0 bridgehead atoms. The molecule has 0 radical (unpaired) electrons. The summed E-state index contributed by atoms with van der Waals surface area (Å²) in [7, 11) is 0. The number of nitrogens with zero attached hydrogens (tertiary/aromatic N) is 1. The molecule has 33 heavy (non-hydrogen) atoms. The van der Waals surface area contributed by atoms with Crippen LogP contribution in [0.3, 0.4) is 0 Å². The van der Waals surface area contributed by atoms with E-state index in [2.05, 4.69) is 17.4 Å². The van der Waals surface area contributed by atoms with E-state index in [1.165, 1.54) is 4.90 Å². The molecule has 2 N–H and O–H groups in total. The smallest absolute Gasteiger partial charge is 0.407 e. The number of hydrogen-bond acceptors (Lipinski definition) is 4. The van der Waals surface area contributed by atoms with Crippen LogP contribution in [-0.2, 0) is 14.3 Å². The first kappa shape index (κ1) is 22.8. The Hall–Kier alpha value is -3.35. The molecule has 7 nitrogen and oxygen atoms in total. The summed E-state index contributed by atoms with van der Waals surface area (Å²) in [5.41, 5.74) is 3.97. The first-order chi connectivity index (χ1) is 15.7. The average molecular weight is 451 g/mol. The molecule has 0 aromatic heterocycles. The second-order valence-corrected chi connectivity index (χ2v) is 9.44. The molecule has 7 heteroatoms. The molecular weight excluding hydrogens is 420 g/mol. The van der Waals surface area contributed by atoms with Gasteiger partial charge in [-0.1, -0.05) is 69.3 Å². The molecule has 2 aromatic carbocycles. The molecule has 2 aliphatic rings. The van der Waals surface area contributed by atoms with Gasteiger partial charge in [0.15, 0.2) is 0 Å². The van der Waals surface area contributed by atoms with Gasteiger partial charge in [0.05, 0.1) is 0 Å². The van der Waals surface area contributed by atoms with Gasteiger partial charge < -0.3 is 20.1 Å². The highest BCUT2D eigenvalue weighted by Gasteiger charge is 2.48. The van der Waals surface area contributed by atoms with Crippen LogP contribution in [0.15, 0.2) is 48.5 Å². The molecular formula is C26H30N2O5. The van der Waals surface area contributed by atoms with Crippen LogP contribution in [0.1, 0.15) is 50.7 Å². The van der Waals surface area contributed by atoms with Gasteiger partial charge in [-0.15, -0.1) is 0 Å². The van der Waals surface area contributed by atoms with Crippen molar-refractivity contribution in [1.82, 2.24) is 10.2 Å². The fraction of sp³-hybridized carbons (Fsp3) is 0.423. The Bertz CT molecular complexity index is 1030. The number of likely N-dealkylation sites (tertiary alicyclic amines) is 1. The Morgan fingerprint density at radius 1 is 1.09 bits per heavy atom. The van der Waals surface area contributed by atoms with Gasteiger partial charge in [0, 0.05) is 12.5 Å². The maximum atomic E-state index is 13.1. The predicted molar refractivity (Wildman–Crippen MR) is 124 cm³/mol. The number of carboxylic acid groups (broad SMARTS) is 1. The summed E-state index contributed by atoms with van der Waals surface area (Å²) < 4.78 is 5.56. The standard InChI is InChI=1S/C26H30N2O5/c1-4-21(23(29)28-14-13-26(2,3)22(28)24(30)31)27-25(32)33-15-20-18-11-7-5-9-16(18)17-10-6-8-12-19(17)20/h5-12,20-22H,4,13-15H2,1-3H3,(H,27,32)(H,30,31). The number of ether oxygens (including phenoxy) is 1. The van der Waals surface area contributed by atoms with Gasteiger partial charge in [-0.3, -0.25) is 4.79 Å². The van der Waals surface area contributed by atoms with Crippen LogP contribution in [0.4, 0.5) is 4.79 Å². The molecule has 4 rings (SSSR count). The van der Waals surface area contributed by atoms with Crippen LogP contribution in [-0.4, -0.2) is 53.2 Å². The molecule has 1 saturated heterocycles. The van der Waals surface area contributed by atoms with Gasteiger partial charge in [-0.25, -0.2) is 9.59 Å². The zero-order chi connectivity index (χ0) is 23.8. The van der Waals surface area contributed by atoms with E-state index in [0.29, 0.717) is 19.4 Å². The summed E-state index contributed by atoms with van der Waals surface area (Å²) in [6.45, 7) is 5.98. The number of hydrogen-bond donors (Lipinski definition) is 2. The van der Waals surface area contributed by atoms with Crippen molar-refractivity contribution in [1.29, 1.82) is 0 Å². The summed E-state index contributed by atoms with van der Waals surface area (Å²) in [6, 6.07) is 14.4. The Morgan fingerprint density at radius 2 is 1.67 bits per heavy atom. The third kappa shape index (κ3) is 4.19. The molecule has 2 aromatic rings. The van der Waals surface area contributed by atoms with E-state index < -0.39 is 29.6 Å². The number of carbonyl (C=O) groups is 3. The molecule has 1 aliphatic carbocycles. The Labute approximate surface area is 193 Å². The highest BCUT2D eigenvalue weighted by molar-refractivity contribution is 5.90. The number of benzene rings is 2. The number of carbonyl (C=O) groups excluding carboxylic acids is 2. The van der Waals surface area contributed by atoms with Gasteiger partial charge in [0.1, 0.15) is 18.7 Å². The molecule has 1 heterocycles. The van der Waals surface area contributed by atoms with Crippen LogP contribution < -0.4 is 5.32 Å². The Kier molecular flexibility index (Phi) is 6.15. The molecule has 2 unspecified atom stereocenters. The van der Waals surface area contributed by atoms with Crippen molar-refractivity contribution in [2.24, 2.45) is 5.41 Å². The number of nitrogens with one attached hydrogen (secondary N) is 1. The predicted octanol–water partition coefficient (Wildman–Crippen LogP) is 4.02. The van der Waals surface area contributed by atoms with Crippen LogP contribution >= 0.6 is 0 Å². The normalized spacial score (nSPS) is 19.5. The van der Waals surface area contributed by atoms with E-state index in [-0.39, 0.29) is 18.4 Å². The van der Waals surface area contributed by atoms with Crippen molar-refractivity contribution in [3.63, 3.8) is 0 Å². The molecule has 2 amide bonds. The third-order valence-corrected chi connectivity index (χ3v) is 6.91. The van der Waals surface area contributed by atoms with Gasteiger partial charge in [-0.2, -0.15) is 0 Å². The van der Waals surface area contributed by atoms with Crippen LogP contribution in [0, 0.1) is 5.41 Å². The van der Waals surface area contributed by atoms with E-state index in [1.807, 2.05) is 50.2 Å². The van der Waals surface area contributed by atoms with E-state index in [0.717, 1.165) is 22.3 Å². The summed E-state index contributed by atoms with van der Waals surface area (Å²) >= 11 is 0. The Morgan fingerprint density at radius 3 is 2.21 bits per heavy atom. The lowest BCUT2D eigenvalue weighted by atomic mass is 9.85. The Balaban J connectivity index is 1.42.